The van der Waals surface area contributed by atoms with Crippen LogP contribution in [0.15, 0.2) is 5.51 Å². The third-order valence-electron chi connectivity index (χ3n) is 4.00. The first-order valence-corrected chi connectivity index (χ1v) is 7.47. The van der Waals surface area contributed by atoms with Crippen molar-refractivity contribution in [3.63, 3.8) is 0 Å². The molecule has 0 bridgehead atoms. The van der Waals surface area contributed by atoms with Crippen molar-refractivity contribution < 1.29 is 9.90 Å². The standard InChI is InChI=1S/C13H21N3O2S/c1-9-10(19-8-15-9)6-14-12(18)16-11-4-3-5-13(11,2)7-17/h8,11,17H,3-7H2,1-2H3,(H2,14,16,18). The summed E-state index contributed by atoms with van der Waals surface area (Å²) in [4.78, 5) is 17.1. The molecule has 2 rings (SSSR count). The van der Waals surface area contributed by atoms with Gasteiger partial charge in [-0.1, -0.05) is 13.3 Å². The zero-order valence-corrected chi connectivity index (χ0v) is 12.2. The van der Waals surface area contributed by atoms with E-state index in [2.05, 4.69) is 15.6 Å². The molecule has 0 spiro atoms. The van der Waals surface area contributed by atoms with E-state index in [0.717, 1.165) is 29.8 Å². The number of carbonyl (C=O) groups excluding carboxylic acids is 1. The number of thiazole rings is 1. The van der Waals surface area contributed by atoms with E-state index >= 15 is 0 Å². The molecule has 0 aliphatic heterocycles. The Kier molecular flexibility index (Phi) is 4.42. The Bertz CT molecular complexity index is 449. The predicted octanol–water partition coefficient (Wildman–Crippen LogP) is 1.80. The van der Waals surface area contributed by atoms with E-state index in [4.69, 9.17) is 0 Å². The number of carbonyl (C=O) groups is 1. The van der Waals surface area contributed by atoms with Crippen molar-refractivity contribution in [1.29, 1.82) is 0 Å². The first kappa shape index (κ1) is 14.3. The second-order valence-corrected chi connectivity index (χ2v) is 6.38. The van der Waals surface area contributed by atoms with Gasteiger partial charge < -0.3 is 15.7 Å². The van der Waals surface area contributed by atoms with Gasteiger partial charge in [0.25, 0.3) is 0 Å². The minimum absolute atomic E-state index is 0.0556. The molecule has 0 saturated heterocycles. The number of rotatable bonds is 4. The smallest absolute Gasteiger partial charge is 0.315 e. The van der Waals surface area contributed by atoms with Gasteiger partial charge in [0.05, 0.1) is 24.4 Å². The van der Waals surface area contributed by atoms with Gasteiger partial charge in [-0.3, -0.25) is 0 Å². The fraction of sp³-hybridized carbons (Fsp3) is 0.692. The van der Waals surface area contributed by atoms with Gasteiger partial charge in [0, 0.05) is 16.3 Å². The largest absolute Gasteiger partial charge is 0.396 e. The number of aromatic nitrogens is 1. The van der Waals surface area contributed by atoms with Gasteiger partial charge in [-0.05, 0) is 19.8 Å². The third-order valence-corrected chi connectivity index (χ3v) is 4.94. The lowest BCUT2D eigenvalue weighted by molar-refractivity contribution is 0.121. The van der Waals surface area contributed by atoms with Crippen LogP contribution in [0.25, 0.3) is 0 Å². The predicted molar refractivity (Wildman–Crippen MR) is 75.1 cm³/mol. The maximum absolute atomic E-state index is 11.9. The van der Waals surface area contributed by atoms with E-state index in [0.29, 0.717) is 6.54 Å². The molecular formula is C13H21N3O2S. The van der Waals surface area contributed by atoms with E-state index < -0.39 is 0 Å². The van der Waals surface area contributed by atoms with Gasteiger partial charge in [-0.15, -0.1) is 11.3 Å². The SMILES string of the molecule is Cc1ncsc1CNC(=O)NC1CCCC1(C)CO. The van der Waals surface area contributed by atoms with Gasteiger partial charge in [0.2, 0.25) is 0 Å². The number of aryl methyl sites for hydroxylation is 1. The molecule has 3 N–H and O–H groups in total. The van der Waals surface area contributed by atoms with Crippen LogP contribution in [0.5, 0.6) is 0 Å². The highest BCUT2D eigenvalue weighted by molar-refractivity contribution is 7.09. The van der Waals surface area contributed by atoms with Crippen molar-refractivity contribution in [2.75, 3.05) is 6.61 Å². The maximum Gasteiger partial charge on any atom is 0.315 e. The molecule has 1 saturated carbocycles. The lowest BCUT2D eigenvalue weighted by Crippen LogP contribution is -2.48. The van der Waals surface area contributed by atoms with Crippen molar-refractivity contribution in [2.24, 2.45) is 5.41 Å². The van der Waals surface area contributed by atoms with Gasteiger partial charge in [0.1, 0.15) is 0 Å². The van der Waals surface area contributed by atoms with Gasteiger partial charge in [0.15, 0.2) is 0 Å². The molecule has 6 heteroatoms. The third kappa shape index (κ3) is 3.25. The normalized spacial score (nSPS) is 26.4. The molecule has 2 amide bonds. The first-order valence-electron chi connectivity index (χ1n) is 6.59. The zero-order valence-electron chi connectivity index (χ0n) is 11.4. The minimum Gasteiger partial charge on any atom is -0.396 e. The van der Waals surface area contributed by atoms with Crippen LogP contribution in [0.4, 0.5) is 4.79 Å². The monoisotopic (exact) mass is 283 g/mol. The molecule has 1 heterocycles. The van der Waals surface area contributed by atoms with Gasteiger partial charge in [-0.2, -0.15) is 0 Å². The van der Waals surface area contributed by atoms with Crippen LogP contribution >= 0.6 is 11.3 Å². The summed E-state index contributed by atoms with van der Waals surface area (Å²) in [6, 6.07) is -0.112. The van der Waals surface area contributed by atoms with E-state index in [1.165, 1.54) is 0 Å². The number of amides is 2. The molecule has 1 aromatic rings. The van der Waals surface area contributed by atoms with E-state index in [1.807, 2.05) is 13.8 Å². The first-order chi connectivity index (χ1) is 9.05. The van der Waals surface area contributed by atoms with Crippen LogP contribution < -0.4 is 10.6 Å². The minimum atomic E-state index is -0.183. The molecule has 5 nitrogen and oxygen atoms in total. The van der Waals surface area contributed by atoms with Crippen LogP contribution in [-0.4, -0.2) is 28.8 Å². The summed E-state index contributed by atoms with van der Waals surface area (Å²) < 4.78 is 0. The lowest BCUT2D eigenvalue weighted by Gasteiger charge is -2.30. The molecule has 1 aromatic heterocycles. The van der Waals surface area contributed by atoms with Crippen LogP contribution in [0.3, 0.4) is 0 Å². The number of hydrogen-bond donors (Lipinski definition) is 3. The highest BCUT2D eigenvalue weighted by Gasteiger charge is 2.39. The number of nitrogens with zero attached hydrogens (tertiary/aromatic N) is 1. The summed E-state index contributed by atoms with van der Waals surface area (Å²) >= 11 is 1.54. The zero-order chi connectivity index (χ0) is 13.9. The summed E-state index contributed by atoms with van der Waals surface area (Å²) in [7, 11) is 0. The second kappa shape index (κ2) is 5.88. The number of urea groups is 1. The van der Waals surface area contributed by atoms with E-state index in [9.17, 15) is 9.90 Å². The summed E-state index contributed by atoms with van der Waals surface area (Å²) in [6.07, 6.45) is 2.95. The highest BCUT2D eigenvalue weighted by atomic mass is 32.1. The topological polar surface area (TPSA) is 74.2 Å². The number of hydrogen-bond acceptors (Lipinski definition) is 4. The average molecular weight is 283 g/mol. The molecule has 1 aliphatic rings. The Balaban J connectivity index is 1.83. The molecule has 0 aromatic carbocycles. The Hall–Kier alpha value is -1.14. The molecule has 2 atom stereocenters. The van der Waals surface area contributed by atoms with Crippen LogP contribution in [-0.2, 0) is 6.54 Å². The Morgan fingerprint density at radius 1 is 1.68 bits per heavy atom. The van der Waals surface area contributed by atoms with Crippen molar-refractivity contribution in [1.82, 2.24) is 15.6 Å². The molecule has 2 unspecified atom stereocenters. The van der Waals surface area contributed by atoms with E-state index in [1.54, 1.807) is 16.8 Å². The Morgan fingerprint density at radius 3 is 3.11 bits per heavy atom. The molecule has 1 fully saturated rings. The van der Waals surface area contributed by atoms with E-state index in [-0.39, 0.29) is 24.1 Å². The fourth-order valence-corrected chi connectivity index (χ4v) is 3.25. The van der Waals surface area contributed by atoms with Gasteiger partial charge >= 0.3 is 6.03 Å². The summed E-state index contributed by atoms with van der Waals surface area (Å²) in [6.45, 7) is 4.58. The van der Waals surface area contributed by atoms with Crippen LogP contribution in [0.1, 0.15) is 36.8 Å². The number of nitrogens with one attached hydrogen (secondary N) is 2. The Labute approximate surface area is 117 Å². The average Bonchev–Trinajstić information content (AvgIpc) is 2.95. The van der Waals surface area contributed by atoms with Crippen molar-refractivity contribution >= 4 is 17.4 Å². The molecule has 0 radical (unpaired) electrons. The summed E-state index contributed by atoms with van der Waals surface area (Å²) in [5.41, 5.74) is 2.56. The molecule has 106 valence electrons. The van der Waals surface area contributed by atoms with Gasteiger partial charge in [-0.25, -0.2) is 9.78 Å². The summed E-state index contributed by atoms with van der Waals surface area (Å²) in [5.74, 6) is 0. The highest BCUT2D eigenvalue weighted by Crippen LogP contribution is 2.37. The fourth-order valence-electron chi connectivity index (χ4n) is 2.53. The van der Waals surface area contributed by atoms with Crippen molar-refractivity contribution in [3.05, 3.63) is 16.1 Å². The second-order valence-electron chi connectivity index (χ2n) is 5.44. The van der Waals surface area contributed by atoms with Crippen molar-refractivity contribution in [3.8, 4) is 0 Å². The van der Waals surface area contributed by atoms with Crippen LogP contribution in [0.2, 0.25) is 0 Å². The quantitative estimate of drug-likeness (QED) is 0.789. The number of aliphatic hydroxyl groups is 1. The molecular weight excluding hydrogens is 262 g/mol. The van der Waals surface area contributed by atoms with Crippen LogP contribution in [0, 0.1) is 12.3 Å². The Morgan fingerprint density at radius 2 is 2.47 bits per heavy atom. The molecule has 19 heavy (non-hydrogen) atoms. The maximum atomic E-state index is 11.9. The molecule has 1 aliphatic carbocycles. The van der Waals surface area contributed by atoms with Crippen molar-refractivity contribution in [2.45, 2.75) is 45.7 Å². The lowest BCUT2D eigenvalue weighted by atomic mass is 9.86. The summed E-state index contributed by atoms with van der Waals surface area (Å²) in [5, 5.41) is 15.3. The number of aliphatic hydroxyl groups excluding tert-OH is 1.